The number of hydrogen-bond acceptors (Lipinski definition) is 7. The summed E-state index contributed by atoms with van der Waals surface area (Å²) in [5.74, 6) is -1.73. The van der Waals surface area contributed by atoms with Crippen LogP contribution in [-0.4, -0.2) is 44.6 Å². The molecule has 0 spiro atoms. The maximum absolute atomic E-state index is 17.5. The van der Waals surface area contributed by atoms with E-state index in [1.165, 1.54) is 12.2 Å². The van der Waals surface area contributed by atoms with Crippen molar-refractivity contribution in [3.05, 3.63) is 84.0 Å². The third-order valence-electron chi connectivity index (χ3n) is 10.6. The number of fused-ring (bicyclic) bond motifs is 5. The molecule has 0 bridgehead atoms. The van der Waals surface area contributed by atoms with Gasteiger partial charge in [0.25, 0.3) is 0 Å². The Labute approximate surface area is 264 Å². The second kappa shape index (κ2) is 11.2. The van der Waals surface area contributed by atoms with Crippen LogP contribution in [0.5, 0.6) is 0 Å². The molecule has 0 aromatic heterocycles. The number of aliphatic hydroxyl groups is 1. The molecule has 2 aromatic carbocycles. The van der Waals surface area contributed by atoms with Crippen molar-refractivity contribution in [2.45, 2.75) is 73.1 Å². The van der Waals surface area contributed by atoms with Gasteiger partial charge in [-0.05, 0) is 93.5 Å². The van der Waals surface area contributed by atoms with Gasteiger partial charge >= 0.3 is 5.97 Å². The number of halogens is 2. The van der Waals surface area contributed by atoms with Crippen LogP contribution < -0.4 is 0 Å². The third kappa shape index (κ3) is 4.66. The average Bonchev–Trinajstić information content (AvgIpc) is 3.27. The Morgan fingerprint density at radius 1 is 1.05 bits per heavy atom. The molecule has 7 atom stereocenters. The van der Waals surface area contributed by atoms with Gasteiger partial charge < -0.3 is 9.84 Å². The van der Waals surface area contributed by atoms with E-state index < -0.39 is 40.1 Å². The summed E-state index contributed by atoms with van der Waals surface area (Å²) < 4.78 is 23.8. The maximum atomic E-state index is 17.5. The first kappa shape index (κ1) is 30.6. The minimum absolute atomic E-state index is 0.0195. The minimum atomic E-state index is -2.03. The largest absolute Gasteiger partial charge is 0.446 e. The van der Waals surface area contributed by atoms with Crippen LogP contribution in [0.15, 0.2) is 88.2 Å². The molecule has 7 unspecified atom stereocenters. The van der Waals surface area contributed by atoms with Gasteiger partial charge in [0.2, 0.25) is 5.12 Å². The van der Waals surface area contributed by atoms with Gasteiger partial charge in [-0.3, -0.25) is 9.59 Å². The van der Waals surface area contributed by atoms with Gasteiger partial charge in [-0.2, -0.15) is 0 Å². The molecule has 4 aliphatic carbocycles. The van der Waals surface area contributed by atoms with Crippen molar-refractivity contribution in [2.24, 2.45) is 22.7 Å². The molecule has 4 aliphatic rings. The van der Waals surface area contributed by atoms with Crippen molar-refractivity contribution in [1.82, 2.24) is 0 Å². The molecule has 0 saturated heterocycles. The highest BCUT2D eigenvalue weighted by molar-refractivity contribution is 8.14. The molecule has 0 heterocycles. The number of hydrogen-bond donors (Lipinski definition) is 1. The predicted octanol–water partition coefficient (Wildman–Crippen LogP) is 7.56. The van der Waals surface area contributed by atoms with Crippen LogP contribution >= 0.6 is 35.1 Å². The average molecular weight is 641 g/mol. The van der Waals surface area contributed by atoms with Gasteiger partial charge in [0.1, 0.15) is 0 Å². The van der Waals surface area contributed by atoms with Crippen molar-refractivity contribution in [3.63, 3.8) is 0 Å². The van der Waals surface area contributed by atoms with Crippen molar-refractivity contribution >= 4 is 52.0 Å². The smallest absolute Gasteiger partial charge is 0.339 e. The highest BCUT2D eigenvalue weighted by atomic mass is 35.5. The normalized spacial score (nSPS) is 36.3. The minimum Gasteiger partial charge on any atom is -0.446 e. The van der Waals surface area contributed by atoms with E-state index in [9.17, 15) is 19.5 Å². The van der Waals surface area contributed by atoms with E-state index in [4.69, 9.17) is 16.3 Å². The number of carbonyl (C=O) groups is 3. The monoisotopic (exact) mass is 640 g/mol. The number of alkyl halides is 2. The first-order valence-electron chi connectivity index (χ1n) is 14.6. The van der Waals surface area contributed by atoms with E-state index in [0.717, 1.165) is 21.6 Å². The summed E-state index contributed by atoms with van der Waals surface area (Å²) in [6.45, 7) is 3.62. The van der Waals surface area contributed by atoms with Gasteiger partial charge in [0.15, 0.2) is 17.1 Å². The zero-order valence-electron chi connectivity index (χ0n) is 24.1. The van der Waals surface area contributed by atoms with Crippen LogP contribution in [0.2, 0.25) is 0 Å². The molecule has 226 valence electrons. The Bertz CT molecular complexity index is 1510. The number of thioether (sulfide) groups is 1. The molecular formula is C34H34ClFO5S2. The molecule has 5 nitrogen and oxygen atoms in total. The van der Waals surface area contributed by atoms with Gasteiger partial charge in [-0.15, -0.1) is 11.6 Å². The van der Waals surface area contributed by atoms with Crippen LogP contribution in [0.3, 0.4) is 0 Å². The maximum Gasteiger partial charge on any atom is 0.339 e. The number of ketones is 1. The van der Waals surface area contributed by atoms with E-state index in [2.05, 4.69) is 0 Å². The van der Waals surface area contributed by atoms with Crippen molar-refractivity contribution < 1.29 is 28.6 Å². The van der Waals surface area contributed by atoms with Crippen molar-refractivity contribution in [2.75, 3.05) is 5.21 Å². The Morgan fingerprint density at radius 3 is 2.44 bits per heavy atom. The second-order valence-electron chi connectivity index (χ2n) is 12.5. The molecule has 1 N–H and O–H groups in total. The predicted molar refractivity (Wildman–Crippen MR) is 167 cm³/mol. The molecule has 43 heavy (non-hydrogen) atoms. The van der Waals surface area contributed by atoms with E-state index in [-0.39, 0.29) is 34.9 Å². The highest BCUT2D eigenvalue weighted by Crippen LogP contribution is 2.70. The summed E-state index contributed by atoms with van der Waals surface area (Å²) >= 11 is 8.46. The number of benzene rings is 2. The van der Waals surface area contributed by atoms with Gasteiger partial charge in [0.05, 0.1) is 16.9 Å². The lowest BCUT2D eigenvalue weighted by molar-refractivity contribution is -0.214. The van der Waals surface area contributed by atoms with E-state index in [0.29, 0.717) is 30.4 Å². The molecule has 0 amide bonds. The van der Waals surface area contributed by atoms with Crippen molar-refractivity contribution in [1.29, 1.82) is 0 Å². The molecule has 9 heteroatoms. The SMILES string of the molecule is CC12C=CC(=O)C=C1CCC1C3CCC(OC(=O)c4ccc(Sc5ccccc5)cc4)(C(=O)SCCl)C3(C)CC(O)C12F. The zero-order chi connectivity index (χ0) is 30.6. The molecule has 2 aromatic rings. The molecule has 3 fully saturated rings. The number of ether oxygens (including phenoxy) is 1. The standard InChI is InChI=1S/C34H34ClFO5S2/c1-31-16-14-23(37)18-22(31)10-13-27-26-15-17-33(30(40)42-20-35,32(26,2)19-28(38)34(27,31)36)41-29(39)21-8-11-25(12-9-21)43-24-6-4-3-5-7-24/h3-9,11-12,14,16,18,26-28,38H,10,13,15,17,19-20H2,1-2H3. The number of carbonyl (C=O) groups excluding carboxylic acids is 3. The third-order valence-corrected chi connectivity index (χ3v) is 12.7. The van der Waals surface area contributed by atoms with Crippen LogP contribution in [0.25, 0.3) is 0 Å². The van der Waals surface area contributed by atoms with Gasteiger partial charge in [0, 0.05) is 26.5 Å². The van der Waals surface area contributed by atoms with E-state index >= 15 is 4.39 Å². The summed E-state index contributed by atoms with van der Waals surface area (Å²) in [6.07, 6.45) is 4.63. The van der Waals surface area contributed by atoms with Crippen LogP contribution in [0.4, 0.5) is 4.39 Å². The fourth-order valence-corrected chi connectivity index (χ4v) is 10.3. The lowest BCUT2D eigenvalue weighted by Gasteiger charge is -2.62. The van der Waals surface area contributed by atoms with Gasteiger partial charge in [-0.1, -0.05) is 60.3 Å². The molecule has 3 saturated carbocycles. The molecule has 0 aliphatic heterocycles. The first-order valence-corrected chi connectivity index (χ1v) is 16.9. The Kier molecular flexibility index (Phi) is 7.98. The first-order chi connectivity index (χ1) is 20.5. The second-order valence-corrected chi connectivity index (χ2v) is 15.2. The summed E-state index contributed by atoms with van der Waals surface area (Å²) in [7, 11) is 0. The fraction of sp³-hybridized carbons (Fsp3) is 0.441. The summed E-state index contributed by atoms with van der Waals surface area (Å²) in [4.78, 5) is 41.7. The topological polar surface area (TPSA) is 80.7 Å². The van der Waals surface area contributed by atoms with Crippen molar-refractivity contribution in [3.8, 4) is 0 Å². The lowest BCUT2D eigenvalue weighted by atomic mass is 9.45. The van der Waals surface area contributed by atoms with Crippen LogP contribution in [-0.2, 0) is 14.3 Å². The summed E-state index contributed by atoms with van der Waals surface area (Å²) in [5, 5.41) is 11.3. The fourth-order valence-electron chi connectivity index (χ4n) is 8.41. The molecular weight excluding hydrogens is 607 g/mol. The highest BCUT2D eigenvalue weighted by Gasteiger charge is 2.75. The van der Waals surface area contributed by atoms with Crippen LogP contribution in [0, 0.1) is 22.7 Å². The van der Waals surface area contributed by atoms with Crippen LogP contribution in [0.1, 0.15) is 56.3 Å². The summed E-state index contributed by atoms with van der Waals surface area (Å²) in [5.41, 5.74) is -4.77. The molecule has 0 radical (unpaired) electrons. The zero-order valence-corrected chi connectivity index (χ0v) is 26.4. The number of esters is 1. The Hall–Kier alpha value is -2.39. The van der Waals surface area contributed by atoms with E-state index in [1.54, 1.807) is 36.9 Å². The number of rotatable bonds is 6. The molecule has 6 rings (SSSR count). The van der Waals surface area contributed by atoms with E-state index in [1.807, 2.05) is 49.4 Å². The lowest BCUT2D eigenvalue weighted by Crippen LogP contribution is -2.69. The Morgan fingerprint density at radius 2 is 1.74 bits per heavy atom. The number of aliphatic hydroxyl groups excluding tert-OH is 1. The Balaban J connectivity index is 1.31. The number of allylic oxidation sites excluding steroid dienone is 4. The van der Waals surface area contributed by atoms with Gasteiger partial charge in [-0.25, -0.2) is 9.18 Å². The summed E-state index contributed by atoms with van der Waals surface area (Å²) in [6, 6.07) is 16.9. The quantitative estimate of drug-likeness (QED) is 0.258.